The Bertz CT molecular complexity index is 85.7. The van der Waals surface area contributed by atoms with Gasteiger partial charge in [0.1, 0.15) is 6.17 Å². The van der Waals surface area contributed by atoms with Crippen molar-refractivity contribution in [3.63, 3.8) is 0 Å². The predicted octanol–water partition coefficient (Wildman–Crippen LogP) is -0.190. The third-order valence-corrected chi connectivity index (χ3v) is 1.54. The van der Waals surface area contributed by atoms with Gasteiger partial charge in [-0.1, -0.05) is 0 Å². The molecule has 0 aromatic rings. The van der Waals surface area contributed by atoms with Crippen LogP contribution in [0.3, 0.4) is 0 Å². The molecule has 0 aromatic carbocycles. The van der Waals surface area contributed by atoms with Gasteiger partial charge >= 0.3 is 0 Å². The molecule has 2 rings (SSSR count). The van der Waals surface area contributed by atoms with Gasteiger partial charge in [-0.3, -0.25) is 4.84 Å². The van der Waals surface area contributed by atoms with Gasteiger partial charge in [0, 0.05) is 13.5 Å². The molecule has 3 unspecified atom stereocenters. The molecule has 0 aliphatic carbocycles. The third kappa shape index (κ3) is 0.351. The summed E-state index contributed by atoms with van der Waals surface area (Å²) < 4.78 is 0. The van der Waals surface area contributed by atoms with E-state index in [1.807, 2.05) is 12.2 Å². The number of hydrazine groups is 1. The van der Waals surface area contributed by atoms with Crippen LogP contribution in [0.1, 0.15) is 6.42 Å². The monoisotopic (exact) mass is 100 g/mol. The molecule has 3 heteroatoms. The van der Waals surface area contributed by atoms with Gasteiger partial charge in [-0.25, -0.2) is 0 Å². The average molecular weight is 100 g/mol. The molecular weight excluding hydrogens is 92.1 g/mol. The fraction of sp³-hybridized carbons (Fsp3) is 1.00. The van der Waals surface area contributed by atoms with Crippen LogP contribution in [0.4, 0.5) is 0 Å². The molecule has 40 valence electrons. The fourth-order valence-electron chi connectivity index (χ4n) is 1.01. The Morgan fingerprint density at radius 1 is 1.71 bits per heavy atom. The Morgan fingerprint density at radius 2 is 2.57 bits per heavy atom. The van der Waals surface area contributed by atoms with E-state index < -0.39 is 0 Å². The van der Waals surface area contributed by atoms with Crippen molar-refractivity contribution in [2.24, 2.45) is 0 Å². The number of rotatable bonds is 0. The van der Waals surface area contributed by atoms with Crippen molar-refractivity contribution in [1.29, 1.82) is 0 Å². The zero-order valence-corrected chi connectivity index (χ0v) is 4.29. The number of hydrogen-bond donors (Lipinski definition) is 0. The second-order valence-electron chi connectivity index (χ2n) is 1.98. The van der Waals surface area contributed by atoms with Crippen LogP contribution in [0.5, 0.6) is 0 Å². The second kappa shape index (κ2) is 0.992. The van der Waals surface area contributed by atoms with E-state index >= 15 is 0 Å². The molecule has 3 nitrogen and oxygen atoms in total. The zero-order chi connectivity index (χ0) is 4.85. The summed E-state index contributed by atoms with van der Waals surface area (Å²) in [4.78, 5) is 5.10. The van der Waals surface area contributed by atoms with Crippen LogP contribution in [0.2, 0.25) is 0 Å². The molecule has 0 spiro atoms. The van der Waals surface area contributed by atoms with Gasteiger partial charge in [-0.2, -0.15) is 5.01 Å². The van der Waals surface area contributed by atoms with Gasteiger partial charge in [-0.05, 0) is 0 Å². The Balaban J connectivity index is 2.06. The SMILES string of the molecule is CN1C2CCON21. The first-order valence-electron chi connectivity index (χ1n) is 2.54. The van der Waals surface area contributed by atoms with E-state index in [0.717, 1.165) is 6.61 Å². The van der Waals surface area contributed by atoms with Crippen molar-refractivity contribution in [3.8, 4) is 0 Å². The molecule has 0 N–H and O–H groups in total. The molecule has 2 aliphatic rings. The highest BCUT2D eigenvalue weighted by atomic mass is 16.8. The topological polar surface area (TPSA) is 15.2 Å². The number of hydrogen-bond acceptors (Lipinski definition) is 3. The van der Waals surface area contributed by atoms with E-state index in [9.17, 15) is 0 Å². The van der Waals surface area contributed by atoms with Gasteiger partial charge in [0.15, 0.2) is 0 Å². The van der Waals surface area contributed by atoms with Gasteiger partial charge in [0.25, 0.3) is 0 Å². The van der Waals surface area contributed by atoms with Gasteiger partial charge in [-0.15, -0.1) is 5.17 Å². The standard InChI is InChI=1S/C4H8N2O/c1-5-4-2-3-7-6(4)5/h4H,2-3H2,1H3. The highest BCUT2D eigenvalue weighted by molar-refractivity contribution is 4.77. The van der Waals surface area contributed by atoms with E-state index in [1.165, 1.54) is 6.42 Å². The Labute approximate surface area is 42.4 Å². The summed E-state index contributed by atoms with van der Waals surface area (Å²) in [7, 11) is 2.03. The normalized spacial score (nSPS) is 57.0. The molecule has 3 atom stereocenters. The molecule has 2 saturated heterocycles. The van der Waals surface area contributed by atoms with Crippen molar-refractivity contribution < 1.29 is 4.84 Å². The lowest BCUT2D eigenvalue weighted by Gasteiger charge is -1.95. The lowest BCUT2D eigenvalue weighted by atomic mass is 10.4. The summed E-state index contributed by atoms with van der Waals surface area (Å²) in [5.74, 6) is 0. The van der Waals surface area contributed by atoms with Crippen molar-refractivity contribution >= 4 is 0 Å². The molecule has 0 saturated carbocycles. The Morgan fingerprint density at radius 3 is 2.86 bits per heavy atom. The van der Waals surface area contributed by atoms with Crippen molar-refractivity contribution in [2.45, 2.75) is 12.6 Å². The first kappa shape index (κ1) is 3.83. The maximum absolute atomic E-state index is 5.10. The van der Waals surface area contributed by atoms with Gasteiger partial charge < -0.3 is 0 Å². The molecule has 0 bridgehead atoms. The summed E-state index contributed by atoms with van der Waals surface area (Å²) >= 11 is 0. The number of nitrogens with zero attached hydrogens (tertiary/aromatic N) is 2. The van der Waals surface area contributed by atoms with Crippen LogP contribution in [0, 0.1) is 0 Å². The lowest BCUT2D eigenvalue weighted by Crippen LogP contribution is -2.03. The minimum absolute atomic E-state index is 0.625. The molecular formula is C4H8N2O. The van der Waals surface area contributed by atoms with Crippen LogP contribution in [-0.4, -0.2) is 30.0 Å². The summed E-state index contributed by atoms with van der Waals surface area (Å²) in [6, 6.07) is 0. The van der Waals surface area contributed by atoms with Crippen molar-refractivity contribution in [1.82, 2.24) is 10.2 Å². The molecule has 0 amide bonds. The molecule has 7 heavy (non-hydrogen) atoms. The first-order valence-corrected chi connectivity index (χ1v) is 2.54. The minimum atomic E-state index is 0.625. The van der Waals surface area contributed by atoms with E-state index in [1.54, 1.807) is 0 Å². The number of hydroxylamine groups is 1. The van der Waals surface area contributed by atoms with E-state index in [4.69, 9.17) is 4.84 Å². The maximum atomic E-state index is 5.10. The summed E-state index contributed by atoms with van der Waals surface area (Å²) in [6.45, 7) is 0.912. The van der Waals surface area contributed by atoms with Crippen LogP contribution in [-0.2, 0) is 4.84 Å². The summed E-state index contributed by atoms with van der Waals surface area (Å²) in [5.41, 5.74) is 0. The molecule has 0 radical (unpaired) electrons. The minimum Gasteiger partial charge on any atom is -0.282 e. The van der Waals surface area contributed by atoms with E-state index in [-0.39, 0.29) is 0 Å². The molecule has 0 aromatic heterocycles. The van der Waals surface area contributed by atoms with Crippen LogP contribution in [0.25, 0.3) is 0 Å². The average Bonchev–Trinajstić information content (AvgIpc) is 2.26. The fourth-order valence-corrected chi connectivity index (χ4v) is 1.01. The maximum Gasteiger partial charge on any atom is 0.120 e. The first-order chi connectivity index (χ1) is 3.39. The van der Waals surface area contributed by atoms with Crippen LogP contribution >= 0.6 is 0 Å². The molecule has 2 aliphatic heterocycles. The number of fused-ring (bicyclic) bond motifs is 1. The van der Waals surface area contributed by atoms with Crippen molar-refractivity contribution in [3.05, 3.63) is 0 Å². The van der Waals surface area contributed by atoms with Gasteiger partial charge in [0.2, 0.25) is 0 Å². The smallest absolute Gasteiger partial charge is 0.120 e. The van der Waals surface area contributed by atoms with E-state index in [0.29, 0.717) is 6.17 Å². The van der Waals surface area contributed by atoms with Crippen LogP contribution < -0.4 is 0 Å². The third-order valence-electron chi connectivity index (χ3n) is 1.54. The van der Waals surface area contributed by atoms with Crippen LogP contribution in [0.15, 0.2) is 0 Å². The largest absolute Gasteiger partial charge is 0.282 e. The second-order valence-corrected chi connectivity index (χ2v) is 1.98. The Kier molecular flexibility index (Phi) is 0.543. The van der Waals surface area contributed by atoms with Crippen molar-refractivity contribution in [2.75, 3.05) is 13.7 Å². The van der Waals surface area contributed by atoms with Gasteiger partial charge in [0.05, 0.1) is 6.61 Å². The summed E-state index contributed by atoms with van der Waals surface area (Å²) in [5, 5.41) is 3.99. The zero-order valence-electron chi connectivity index (χ0n) is 4.29. The lowest BCUT2D eigenvalue weighted by molar-refractivity contribution is -0.0961. The highest BCUT2D eigenvalue weighted by Gasteiger charge is 2.47. The van der Waals surface area contributed by atoms with E-state index in [2.05, 4.69) is 5.01 Å². The highest BCUT2D eigenvalue weighted by Crippen LogP contribution is 2.32. The summed E-state index contributed by atoms with van der Waals surface area (Å²) in [6.07, 6.45) is 1.80. The predicted molar refractivity (Wildman–Crippen MR) is 24.0 cm³/mol. The quantitative estimate of drug-likeness (QED) is 0.392. The Hall–Kier alpha value is -0.120. The molecule has 2 heterocycles. The molecule has 2 fully saturated rings.